The molecule has 1 aromatic rings. The summed E-state index contributed by atoms with van der Waals surface area (Å²) in [5.41, 5.74) is 0. The van der Waals surface area contributed by atoms with Crippen molar-refractivity contribution in [2.45, 2.75) is 12.3 Å². The second-order valence-corrected chi connectivity index (χ2v) is 3.87. The van der Waals surface area contributed by atoms with Gasteiger partial charge in [0.1, 0.15) is 16.9 Å². The van der Waals surface area contributed by atoms with E-state index in [-0.39, 0.29) is 0 Å². The van der Waals surface area contributed by atoms with Crippen molar-refractivity contribution in [3.05, 3.63) is 23.7 Å². The fraction of sp³-hybridized carbons (Fsp3) is 0.500. The lowest BCUT2D eigenvalue weighted by atomic mass is 10.4. The van der Waals surface area contributed by atoms with E-state index < -0.39 is 0 Å². The van der Waals surface area contributed by atoms with Crippen LogP contribution in [0.5, 0.6) is 0 Å². The highest BCUT2D eigenvalue weighted by molar-refractivity contribution is 7.99. The minimum Gasteiger partial charge on any atom is -0.464 e. The van der Waals surface area contributed by atoms with Crippen molar-refractivity contribution in [3.8, 4) is 0 Å². The first-order valence-corrected chi connectivity index (χ1v) is 4.82. The number of hydrogen-bond donors (Lipinski definition) is 1. The predicted octanol–water partition coefficient (Wildman–Crippen LogP) is 1.92. The Morgan fingerprint density at radius 3 is 3.09 bits per heavy atom. The molecular weight excluding hydrogens is 158 g/mol. The number of rotatable bonds is 1. The van der Waals surface area contributed by atoms with E-state index in [1.165, 1.54) is 5.75 Å². The third-order valence-corrected chi connectivity index (χ3v) is 2.91. The Morgan fingerprint density at radius 2 is 2.55 bits per heavy atom. The van der Waals surface area contributed by atoms with Crippen molar-refractivity contribution < 1.29 is 4.42 Å². The lowest BCUT2D eigenvalue weighted by Crippen LogP contribution is -2.11. The highest BCUT2D eigenvalue weighted by atomic mass is 32.2. The first kappa shape index (κ1) is 7.25. The molecule has 0 saturated carbocycles. The Kier molecular flexibility index (Phi) is 1.92. The van der Waals surface area contributed by atoms with Crippen LogP contribution in [0, 0.1) is 6.92 Å². The Morgan fingerprint density at radius 1 is 1.64 bits per heavy atom. The maximum absolute atomic E-state index is 5.48. The molecule has 1 saturated heterocycles. The second-order valence-electron chi connectivity index (χ2n) is 2.65. The SMILES string of the molecule is Cc1ccc(C2NCCS2)o1. The van der Waals surface area contributed by atoms with Gasteiger partial charge in [0.05, 0.1) is 0 Å². The summed E-state index contributed by atoms with van der Waals surface area (Å²) >= 11 is 1.90. The molecule has 0 aliphatic carbocycles. The van der Waals surface area contributed by atoms with Gasteiger partial charge in [-0.05, 0) is 19.1 Å². The third kappa shape index (κ3) is 1.44. The molecule has 60 valence electrons. The monoisotopic (exact) mass is 169 g/mol. The molecule has 1 aliphatic rings. The average Bonchev–Trinajstić information content (AvgIpc) is 2.55. The molecule has 1 N–H and O–H groups in total. The molecule has 2 heterocycles. The predicted molar refractivity (Wildman–Crippen MR) is 46.6 cm³/mol. The van der Waals surface area contributed by atoms with Gasteiger partial charge in [0.2, 0.25) is 0 Å². The molecule has 3 heteroatoms. The summed E-state index contributed by atoms with van der Waals surface area (Å²) in [6.45, 7) is 3.07. The third-order valence-electron chi connectivity index (χ3n) is 1.74. The van der Waals surface area contributed by atoms with E-state index >= 15 is 0 Å². The molecule has 0 radical (unpaired) electrons. The van der Waals surface area contributed by atoms with E-state index in [1.807, 2.05) is 30.8 Å². The first-order valence-electron chi connectivity index (χ1n) is 3.77. The lowest BCUT2D eigenvalue weighted by molar-refractivity contribution is 0.466. The number of nitrogens with one attached hydrogen (secondary N) is 1. The molecule has 1 aliphatic heterocycles. The largest absolute Gasteiger partial charge is 0.464 e. The Hall–Kier alpha value is -0.410. The summed E-state index contributed by atoms with van der Waals surface area (Å²) in [4.78, 5) is 0. The van der Waals surface area contributed by atoms with Gasteiger partial charge < -0.3 is 4.42 Å². The van der Waals surface area contributed by atoms with E-state index in [2.05, 4.69) is 5.32 Å². The number of furan rings is 1. The van der Waals surface area contributed by atoms with E-state index in [1.54, 1.807) is 0 Å². The van der Waals surface area contributed by atoms with Gasteiger partial charge in [-0.1, -0.05) is 0 Å². The van der Waals surface area contributed by atoms with E-state index in [0.29, 0.717) is 5.37 Å². The first-order chi connectivity index (χ1) is 5.36. The summed E-state index contributed by atoms with van der Waals surface area (Å²) in [5, 5.41) is 3.75. The molecule has 1 fully saturated rings. The molecule has 1 aromatic heterocycles. The molecule has 0 spiro atoms. The van der Waals surface area contributed by atoms with Crippen LogP contribution in [-0.2, 0) is 0 Å². The van der Waals surface area contributed by atoms with Crippen LogP contribution < -0.4 is 5.32 Å². The van der Waals surface area contributed by atoms with Crippen molar-refractivity contribution in [1.29, 1.82) is 0 Å². The van der Waals surface area contributed by atoms with Gasteiger partial charge in [-0.2, -0.15) is 0 Å². The summed E-state index contributed by atoms with van der Waals surface area (Å²) in [7, 11) is 0. The minimum atomic E-state index is 0.392. The van der Waals surface area contributed by atoms with Crippen molar-refractivity contribution in [2.24, 2.45) is 0 Å². The van der Waals surface area contributed by atoms with Crippen molar-refractivity contribution in [3.63, 3.8) is 0 Å². The van der Waals surface area contributed by atoms with Gasteiger partial charge in [-0.25, -0.2) is 0 Å². The molecule has 11 heavy (non-hydrogen) atoms. The van der Waals surface area contributed by atoms with Gasteiger partial charge in [0.15, 0.2) is 0 Å². The van der Waals surface area contributed by atoms with Crippen LogP contribution in [0.4, 0.5) is 0 Å². The molecular formula is C8H11NOS. The van der Waals surface area contributed by atoms with Crippen LogP contribution in [0.2, 0.25) is 0 Å². The van der Waals surface area contributed by atoms with Gasteiger partial charge in [-0.15, -0.1) is 11.8 Å². The molecule has 1 atom stereocenters. The Bertz CT molecular complexity index is 240. The quantitative estimate of drug-likeness (QED) is 0.695. The van der Waals surface area contributed by atoms with Crippen molar-refractivity contribution in [2.75, 3.05) is 12.3 Å². The van der Waals surface area contributed by atoms with Crippen LogP contribution in [-0.4, -0.2) is 12.3 Å². The fourth-order valence-corrected chi connectivity index (χ4v) is 2.20. The van der Waals surface area contributed by atoms with Crippen LogP contribution >= 0.6 is 11.8 Å². The molecule has 0 amide bonds. The van der Waals surface area contributed by atoms with Gasteiger partial charge >= 0.3 is 0 Å². The second kappa shape index (κ2) is 2.91. The number of hydrogen-bond acceptors (Lipinski definition) is 3. The summed E-state index contributed by atoms with van der Waals surface area (Å²) < 4.78 is 5.48. The van der Waals surface area contributed by atoms with Gasteiger partial charge in [-0.3, -0.25) is 5.32 Å². The van der Waals surface area contributed by atoms with Crippen LogP contribution in [0.15, 0.2) is 16.5 Å². The average molecular weight is 169 g/mol. The highest BCUT2D eigenvalue weighted by Gasteiger charge is 2.19. The molecule has 2 rings (SSSR count). The van der Waals surface area contributed by atoms with E-state index in [9.17, 15) is 0 Å². The fourth-order valence-electron chi connectivity index (χ4n) is 1.20. The molecule has 0 bridgehead atoms. The van der Waals surface area contributed by atoms with Crippen LogP contribution in [0.3, 0.4) is 0 Å². The topological polar surface area (TPSA) is 25.2 Å². The maximum Gasteiger partial charge on any atom is 0.131 e. The minimum absolute atomic E-state index is 0.392. The van der Waals surface area contributed by atoms with Crippen LogP contribution in [0.1, 0.15) is 16.9 Å². The highest BCUT2D eigenvalue weighted by Crippen LogP contribution is 2.30. The zero-order valence-electron chi connectivity index (χ0n) is 6.46. The van der Waals surface area contributed by atoms with Crippen LogP contribution in [0.25, 0.3) is 0 Å². The summed E-state index contributed by atoms with van der Waals surface area (Å²) in [5.74, 6) is 3.24. The summed E-state index contributed by atoms with van der Waals surface area (Å²) in [6.07, 6.45) is 0. The van der Waals surface area contributed by atoms with Crippen molar-refractivity contribution in [1.82, 2.24) is 5.32 Å². The van der Waals surface area contributed by atoms with E-state index in [4.69, 9.17) is 4.42 Å². The molecule has 1 unspecified atom stereocenters. The zero-order valence-corrected chi connectivity index (χ0v) is 7.28. The Balaban J connectivity index is 2.15. The lowest BCUT2D eigenvalue weighted by Gasteiger charge is -2.03. The van der Waals surface area contributed by atoms with Gasteiger partial charge in [0, 0.05) is 12.3 Å². The zero-order chi connectivity index (χ0) is 7.68. The number of thioether (sulfide) groups is 1. The number of aryl methyl sites for hydroxylation is 1. The molecule has 0 aromatic carbocycles. The maximum atomic E-state index is 5.48. The Labute approximate surface area is 70.4 Å². The summed E-state index contributed by atoms with van der Waals surface area (Å²) in [6, 6.07) is 4.06. The van der Waals surface area contributed by atoms with Gasteiger partial charge in [0.25, 0.3) is 0 Å². The smallest absolute Gasteiger partial charge is 0.131 e. The van der Waals surface area contributed by atoms with E-state index in [0.717, 1.165) is 18.1 Å². The normalized spacial score (nSPS) is 24.3. The van der Waals surface area contributed by atoms with Crippen molar-refractivity contribution >= 4 is 11.8 Å². The standard InChI is InChI=1S/C8H11NOS/c1-6-2-3-7(10-6)8-9-4-5-11-8/h2-3,8-9H,4-5H2,1H3. The molecule has 2 nitrogen and oxygen atoms in total.